The molecule has 1 saturated carbocycles. The lowest BCUT2D eigenvalue weighted by Crippen LogP contribution is -2.54. The second kappa shape index (κ2) is 7.59. The number of imide groups is 1. The summed E-state index contributed by atoms with van der Waals surface area (Å²) < 4.78 is 13.8. The Morgan fingerprint density at radius 1 is 1.30 bits per heavy atom. The zero-order valence-electron chi connectivity index (χ0n) is 16.8. The van der Waals surface area contributed by atoms with E-state index < -0.39 is 17.4 Å². The molecule has 2 heterocycles. The quantitative estimate of drug-likeness (QED) is 0.712. The molecule has 3 aliphatic rings. The van der Waals surface area contributed by atoms with Crippen LogP contribution >= 0.6 is 0 Å². The third-order valence-corrected chi connectivity index (χ3v) is 6.30. The summed E-state index contributed by atoms with van der Waals surface area (Å²) in [6, 6.07) is 5.66. The molecule has 0 spiro atoms. The highest BCUT2D eigenvalue weighted by Gasteiger charge is 2.55. The smallest absolute Gasteiger partial charge is 0.322 e. The Hall–Kier alpha value is -3.15. The molecule has 9 heteroatoms. The van der Waals surface area contributed by atoms with Gasteiger partial charge in [-0.3, -0.25) is 14.9 Å². The third-order valence-electron chi connectivity index (χ3n) is 6.30. The molecule has 2 N–H and O–H groups in total. The number of piperazine rings is 1. The zero-order chi connectivity index (χ0) is 21.5. The van der Waals surface area contributed by atoms with Gasteiger partial charge < -0.3 is 15.1 Å². The summed E-state index contributed by atoms with van der Waals surface area (Å²) in [6.45, 7) is 3.40. The van der Waals surface area contributed by atoms with Crippen LogP contribution in [0.25, 0.3) is 0 Å². The lowest BCUT2D eigenvalue weighted by Gasteiger charge is -2.41. The van der Waals surface area contributed by atoms with Crippen LogP contribution in [0.15, 0.2) is 18.2 Å². The number of rotatable bonds is 5. The SMILES string of the molecule is C[C@H]1CN(C(=O)CCC2(C3CC3)NC(=O)NC2=O)CCN1c1cc(F)cc(C#N)c1. The van der Waals surface area contributed by atoms with Crippen molar-refractivity contribution in [2.45, 2.75) is 44.2 Å². The van der Waals surface area contributed by atoms with Crippen LogP contribution in [0.4, 0.5) is 14.9 Å². The minimum Gasteiger partial charge on any atom is -0.365 e. The lowest BCUT2D eigenvalue weighted by molar-refractivity contribution is -0.133. The predicted octanol–water partition coefficient (Wildman–Crippen LogP) is 1.50. The maximum atomic E-state index is 13.8. The van der Waals surface area contributed by atoms with Gasteiger partial charge in [0.25, 0.3) is 5.91 Å². The Morgan fingerprint density at radius 3 is 2.67 bits per heavy atom. The highest BCUT2D eigenvalue weighted by Crippen LogP contribution is 2.43. The zero-order valence-corrected chi connectivity index (χ0v) is 16.8. The molecule has 4 amide bonds. The number of nitrogens with zero attached hydrogens (tertiary/aromatic N) is 3. The van der Waals surface area contributed by atoms with Gasteiger partial charge in [0.15, 0.2) is 0 Å². The summed E-state index contributed by atoms with van der Waals surface area (Å²) >= 11 is 0. The van der Waals surface area contributed by atoms with E-state index in [1.54, 1.807) is 11.0 Å². The first-order valence-corrected chi connectivity index (χ1v) is 10.2. The number of amides is 4. The minimum absolute atomic E-state index is 0.0529. The number of nitriles is 1. The fourth-order valence-corrected chi connectivity index (χ4v) is 4.58. The van der Waals surface area contributed by atoms with Crippen LogP contribution in [0, 0.1) is 23.1 Å². The standard InChI is InChI=1S/C21H24FN5O3/c1-13-12-26(6-7-27(13)17-9-14(11-23)8-16(22)10-17)18(28)4-5-21(15-2-3-15)19(29)24-20(30)25-21/h8-10,13,15H,2-7,12H2,1H3,(H2,24,25,29,30)/t13-,21?/m0/s1. The highest BCUT2D eigenvalue weighted by molar-refractivity contribution is 6.07. The molecule has 3 fully saturated rings. The van der Waals surface area contributed by atoms with Crippen molar-refractivity contribution in [3.05, 3.63) is 29.6 Å². The molecule has 2 atom stereocenters. The Balaban J connectivity index is 1.38. The van der Waals surface area contributed by atoms with Crippen molar-refractivity contribution in [2.24, 2.45) is 5.92 Å². The number of benzene rings is 1. The number of halogens is 1. The number of nitrogens with one attached hydrogen (secondary N) is 2. The summed E-state index contributed by atoms with van der Waals surface area (Å²) in [5.41, 5.74) is -0.0720. The van der Waals surface area contributed by atoms with Crippen LogP contribution in [-0.4, -0.2) is 54.0 Å². The molecule has 2 aliphatic heterocycles. The van der Waals surface area contributed by atoms with Crippen LogP contribution < -0.4 is 15.5 Å². The van der Waals surface area contributed by atoms with Crippen LogP contribution in [0.1, 0.15) is 38.2 Å². The van der Waals surface area contributed by atoms with Crippen molar-refractivity contribution in [1.82, 2.24) is 15.5 Å². The number of hydrogen-bond donors (Lipinski definition) is 2. The average molecular weight is 413 g/mol. The molecule has 2 saturated heterocycles. The van der Waals surface area contributed by atoms with Crippen molar-refractivity contribution >= 4 is 23.5 Å². The maximum absolute atomic E-state index is 13.8. The molecular formula is C21H24FN5O3. The van der Waals surface area contributed by atoms with Crippen LogP contribution in [-0.2, 0) is 9.59 Å². The fraction of sp³-hybridized carbons (Fsp3) is 0.524. The molecule has 8 nitrogen and oxygen atoms in total. The van der Waals surface area contributed by atoms with Gasteiger partial charge in [-0.15, -0.1) is 0 Å². The Morgan fingerprint density at radius 2 is 2.07 bits per heavy atom. The first kappa shape index (κ1) is 20.1. The summed E-state index contributed by atoms with van der Waals surface area (Å²) in [7, 11) is 0. The topological polar surface area (TPSA) is 106 Å². The summed E-state index contributed by atoms with van der Waals surface area (Å²) in [5.74, 6) is -0.764. The molecule has 1 aliphatic carbocycles. The Kier molecular flexibility index (Phi) is 5.10. The number of anilines is 1. The van der Waals surface area contributed by atoms with E-state index in [1.807, 2.05) is 17.9 Å². The molecule has 158 valence electrons. The average Bonchev–Trinajstić information content (AvgIpc) is 3.51. The number of carbonyl (C=O) groups is 3. The van der Waals surface area contributed by atoms with Crippen molar-refractivity contribution < 1.29 is 18.8 Å². The van der Waals surface area contributed by atoms with Crippen LogP contribution in [0.5, 0.6) is 0 Å². The summed E-state index contributed by atoms with van der Waals surface area (Å²) in [4.78, 5) is 40.5. The molecule has 4 rings (SSSR count). The van der Waals surface area contributed by atoms with E-state index in [4.69, 9.17) is 5.26 Å². The molecule has 1 aromatic rings. The van der Waals surface area contributed by atoms with Gasteiger partial charge in [0.2, 0.25) is 5.91 Å². The van der Waals surface area contributed by atoms with Crippen molar-refractivity contribution in [2.75, 3.05) is 24.5 Å². The van der Waals surface area contributed by atoms with Gasteiger partial charge in [-0.25, -0.2) is 9.18 Å². The molecule has 1 aromatic carbocycles. The van der Waals surface area contributed by atoms with E-state index in [9.17, 15) is 18.8 Å². The van der Waals surface area contributed by atoms with E-state index in [0.29, 0.717) is 25.3 Å². The monoisotopic (exact) mass is 413 g/mol. The summed E-state index contributed by atoms with van der Waals surface area (Å²) in [6.07, 6.45) is 2.21. The second-order valence-corrected chi connectivity index (χ2v) is 8.35. The fourth-order valence-electron chi connectivity index (χ4n) is 4.58. The molecule has 30 heavy (non-hydrogen) atoms. The van der Waals surface area contributed by atoms with Gasteiger partial charge in [0.05, 0.1) is 11.6 Å². The van der Waals surface area contributed by atoms with E-state index in [-0.39, 0.29) is 42.2 Å². The first-order chi connectivity index (χ1) is 14.3. The molecular weight excluding hydrogens is 389 g/mol. The first-order valence-electron chi connectivity index (χ1n) is 10.2. The Bertz CT molecular complexity index is 941. The lowest BCUT2D eigenvalue weighted by atomic mass is 9.87. The molecule has 1 unspecified atom stereocenters. The van der Waals surface area contributed by atoms with Gasteiger partial charge in [-0.2, -0.15) is 5.26 Å². The van der Waals surface area contributed by atoms with Crippen molar-refractivity contribution in [1.29, 1.82) is 5.26 Å². The number of urea groups is 1. The molecule has 0 aromatic heterocycles. The third kappa shape index (κ3) is 3.70. The van der Waals surface area contributed by atoms with Gasteiger partial charge in [-0.05, 0) is 50.3 Å². The highest BCUT2D eigenvalue weighted by atomic mass is 19.1. The van der Waals surface area contributed by atoms with Crippen LogP contribution in [0.2, 0.25) is 0 Å². The van der Waals surface area contributed by atoms with Crippen LogP contribution in [0.3, 0.4) is 0 Å². The van der Waals surface area contributed by atoms with E-state index >= 15 is 0 Å². The van der Waals surface area contributed by atoms with Crippen molar-refractivity contribution in [3.63, 3.8) is 0 Å². The number of carbonyl (C=O) groups excluding carboxylic acids is 3. The van der Waals surface area contributed by atoms with Crippen molar-refractivity contribution in [3.8, 4) is 6.07 Å². The predicted molar refractivity (Wildman–Crippen MR) is 106 cm³/mol. The molecule has 0 radical (unpaired) electrons. The molecule has 0 bridgehead atoms. The van der Waals surface area contributed by atoms with Gasteiger partial charge in [0, 0.05) is 37.8 Å². The maximum Gasteiger partial charge on any atom is 0.322 e. The van der Waals surface area contributed by atoms with E-state index in [0.717, 1.165) is 12.8 Å². The summed E-state index contributed by atoms with van der Waals surface area (Å²) in [5, 5.41) is 14.1. The van der Waals surface area contributed by atoms with Gasteiger partial charge in [-0.1, -0.05) is 0 Å². The minimum atomic E-state index is -0.963. The van der Waals surface area contributed by atoms with E-state index in [1.165, 1.54) is 12.1 Å². The normalized spacial score (nSPS) is 26.2. The van der Waals surface area contributed by atoms with E-state index in [2.05, 4.69) is 10.6 Å². The van der Waals surface area contributed by atoms with Gasteiger partial charge in [0.1, 0.15) is 11.4 Å². The Labute approximate surface area is 174 Å². The van der Waals surface area contributed by atoms with Gasteiger partial charge >= 0.3 is 6.03 Å². The second-order valence-electron chi connectivity index (χ2n) is 8.35. The largest absolute Gasteiger partial charge is 0.365 e. The number of hydrogen-bond acceptors (Lipinski definition) is 5.